The Morgan fingerprint density at radius 3 is 2.88 bits per heavy atom. The first-order chi connectivity index (χ1) is 11.5. The zero-order valence-electron chi connectivity index (χ0n) is 14.6. The molecule has 2 aromatic rings. The minimum atomic E-state index is -0.0874. The molecule has 1 atom stereocenters. The van der Waals surface area contributed by atoms with Crippen molar-refractivity contribution in [3.63, 3.8) is 0 Å². The molecule has 0 bridgehead atoms. The van der Waals surface area contributed by atoms with Gasteiger partial charge in [-0.25, -0.2) is 4.68 Å². The number of morpholine rings is 1. The first-order valence-corrected chi connectivity index (χ1v) is 8.08. The zero-order chi connectivity index (χ0) is 17.3. The van der Waals surface area contributed by atoms with E-state index in [9.17, 15) is 4.79 Å². The highest BCUT2D eigenvalue weighted by Gasteiger charge is 2.31. The summed E-state index contributed by atoms with van der Waals surface area (Å²) in [6.07, 6.45) is 0. The Bertz CT molecular complexity index is 754. The van der Waals surface area contributed by atoms with E-state index in [4.69, 9.17) is 14.6 Å². The van der Waals surface area contributed by atoms with E-state index in [0.29, 0.717) is 19.8 Å². The van der Waals surface area contributed by atoms with E-state index >= 15 is 0 Å². The summed E-state index contributed by atoms with van der Waals surface area (Å²) in [6.45, 7) is 7.32. The zero-order valence-corrected chi connectivity index (χ0v) is 14.6. The predicted molar refractivity (Wildman–Crippen MR) is 90.5 cm³/mol. The molecule has 0 N–H and O–H groups in total. The molecule has 0 aliphatic carbocycles. The van der Waals surface area contributed by atoms with E-state index in [1.54, 1.807) is 14.0 Å². The van der Waals surface area contributed by atoms with Crippen molar-refractivity contribution in [3.8, 4) is 11.4 Å². The van der Waals surface area contributed by atoms with E-state index in [1.165, 1.54) is 0 Å². The van der Waals surface area contributed by atoms with E-state index in [0.717, 1.165) is 28.4 Å². The van der Waals surface area contributed by atoms with Crippen molar-refractivity contribution in [2.75, 3.05) is 26.9 Å². The van der Waals surface area contributed by atoms with Crippen molar-refractivity contribution in [1.29, 1.82) is 0 Å². The fraction of sp³-hybridized carbons (Fsp3) is 0.444. The number of aryl methyl sites for hydroxylation is 1. The van der Waals surface area contributed by atoms with Crippen molar-refractivity contribution in [2.24, 2.45) is 0 Å². The largest absolute Gasteiger partial charge is 0.497 e. The van der Waals surface area contributed by atoms with Gasteiger partial charge in [0.1, 0.15) is 5.75 Å². The molecule has 6 nitrogen and oxygen atoms in total. The van der Waals surface area contributed by atoms with Crippen molar-refractivity contribution < 1.29 is 14.3 Å². The van der Waals surface area contributed by atoms with Gasteiger partial charge < -0.3 is 14.4 Å². The first-order valence-electron chi connectivity index (χ1n) is 8.08. The molecular formula is C18H23N3O3. The van der Waals surface area contributed by atoms with Gasteiger partial charge >= 0.3 is 0 Å². The molecule has 1 fully saturated rings. The number of carbonyl (C=O) groups is 1. The summed E-state index contributed by atoms with van der Waals surface area (Å²) >= 11 is 0. The van der Waals surface area contributed by atoms with Crippen LogP contribution < -0.4 is 4.74 Å². The summed E-state index contributed by atoms with van der Waals surface area (Å²) in [6, 6.07) is 7.70. The number of amides is 1. The maximum atomic E-state index is 12.0. The lowest BCUT2D eigenvalue weighted by Crippen LogP contribution is -2.42. The smallest absolute Gasteiger partial charge is 0.220 e. The van der Waals surface area contributed by atoms with Crippen molar-refractivity contribution >= 4 is 5.91 Å². The Hall–Kier alpha value is -2.34. The molecule has 24 heavy (non-hydrogen) atoms. The molecule has 0 saturated carbocycles. The molecule has 1 amide bonds. The summed E-state index contributed by atoms with van der Waals surface area (Å²) in [4.78, 5) is 13.9. The van der Waals surface area contributed by atoms with Gasteiger partial charge in [0.25, 0.3) is 0 Å². The molecule has 1 aliphatic heterocycles. The number of ether oxygens (including phenoxy) is 2. The van der Waals surface area contributed by atoms with Crippen LogP contribution in [0, 0.1) is 13.8 Å². The fourth-order valence-electron chi connectivity index (χ4n) is 3.35. The summed E-state index contributed by atoms with van der Waals surface area (Å²) in [5.74, 6) is 0.851. The molecule has 1 saturated heterocycles. The van der Waals surface area contributed by atoms with Crippen LogP contribution >= 0.6 is 0 Å². The predicted octanol–water partition coefficient (Wildman–Crippen LogP) is 2.42. The van der Waals surface area contributed by atoms with Crippen LogP contribution in [-0.4, -0.2) is 47.5 Å². The third-order valence-electron chi connectivity index (χ3n) is 4.51. The standard InChI is InChI=1S/C18H23N3O3/c1-12-18(17-11-24-9-8-20(17)14(3)22)13(2)21(19-12)15-6-5-7-16(10-15)23-4/h5-7,10,17H,8-9,11H2,1-4H3/t17-/m0/s1. The summed E-state index contributed by atoms with van der Waals surface area (Å²) in [5.41, 5.74) is 3.93. The fourth-order valence-corrected chi connectivity index (χ4v) is 3.35. The van der Waals surface area contributed by atoms with Crippen LogP contribution in [0.2, 0.25) is 0 Å². The minimum absolute atomic E-state index is 0.0660. The third kappa shape index (κ3) is 2.89. The summed E-state index contributed by atoms with van der Waals surface area (Å²) in [7, 11) is 1.65. The third-order valence-corrected chi connectivity index (χ3v) is 4.51. The second-order valence-electron chi connectivity index (χ2n) is 6.00. The highest BCUT2D eigenvalue weighted by molar-refractivity contribution is 5.74. The van der Waals surface area contributed by atoms with Crippen LogP contribution in [0.25, 0.3) is 5.69 Å². The Morgan fingerprint density at radius 2 is 2.17 bits per heavy atom. The van der Waals surface area contributed by atoms with Crippen LogP contribution in [0.5, 0.6) is 5.75 Å². The monoisotopic (exact) mass is 329 g/mol. The van der Waals surface area contributed by atoms with E-state index < -0.39 is 0 Å². The average Bonchev–Trinajstić information content (AvgIpc) is 2.89. The van der Waals surface area contributed by atoms with E-state index in [2.05, 4.69) is 0 Å². The van der Waals surface area contributed by atoms with Crippen molar-refractivity contribution in [2.45, 2.75) is 26.8 Å². The normalized spacial score (nSPS) is 17.8. The lowest BCUT2D eigenvalue weighted by molar-refractivity contribution is -0.137. The minimum Gasteiger partial charge on any atom is -0.497 e. The van der Waals surface area contributed by atoms with Crippen molar-refractivity contribution in [1.82, 2.24) is 14.7 Å². The lowest BCUT2D eigenvalue weighted by Gasteiger charge is -2.35. The Balaban J connectivity index is 2.04. The van der Waals surface area contributed by atoms with Gasteiger partial charge in [-0.15, -0.1) is 0 Å². The second-order valence-corrected chi connectivity index (χ2v) is 6.00. The van der Waals surface area contributed by atoms with E-state index in [-0.39, 0.29) is 11.9 Å². The van der Waals surface area contributed by atoms with Crippen LogP contribution in [0.15, 0.2) is 24.3 Å². The van der Waals surface area contributed by atoms with Gasteiger partial charge in [-0.3, -0.25) is 4.79 Å². The molecule has 1 aromatic heterocycles. The number of hydrogen-bond donors (Lipinski definition) is 0. The number of methoxy groups -OCH3 is 1. The van der Waals surface area contributed by atoms with Crippen molar-refractivity contribution in [3.05, 3.63) is 41.2 Å². The maximum Gasteiger partial charge on any atom is 0.220 e. The SMILES string of the molecule is COc1cccc(-n2nc(C)c([C@@H]3COCCN3C(C)=O)c2C)c1. The average molecular weight is 329 g/mol. The number of rotatable bonds is 3. The molecule has 1 aromatic carbocycles. The van der Waals surface area contributed by atoms with Gasteiger partial charge in [-0.1, -0.05) is 6.07 Å². The lowest BCUT2D eigenvalue weighted by atomic mass is 10.0. The van der Waals surface area contributed by atoms with Gasteiger partial charge in [0, 0.05) is 30.8 Å². The molecule has 0 unspecified atom stereocenters. The molecule has 0 radical (unpaired) electrons. The van der Waals surface area contributed by atoms with Crippen LogP contribution in [0.1, 0.15) is 29.9 Å². The highest BCUT2D eigenvalue weighted by Crippen LogP contribution is 2.31. The van der Waals surface area contributed by atoms with Gasteiger partial charge in [-0.2, -0.15) is 5.10 Å². The molecular weight excluding hydrogens is 306 g/mol. The van der Waals surface area contributed by atoms with Crippen LogP contribution in [0.4, 0.5) is 0 Å². The molecule has 0 spiro atoms. The number of nitrogens with zero attached hydrogens (tertiary/aromatic N) is 3. The number of carbonyl (C=O) groups excluding carboxylic acids is 1. The molecule has 2 heterocycles. The highest BCUT2D eigenvalue weighted by atomic mass is 16.5. The molecule has 3 rings (SSSR count). The molecule has 128 valence electrons. The van der Waals surface area contributed by atoms with Gasteiger partial charge in [0.15, 0.2) is 0 Å². The van der Waals surface area contributed by atoms with Crippen LogP contribution in [0.3, 0.4) is 0 Å². The van der Waals surface area contributed by atoms with Gasteiger partial charge in [0.05, 0.1) is 37.7 Å². The first kappa shape index (κ1) is 16.5. The van der Waals surface area contributed by atoms with E-state index in [1.807, 2.05) is 47.7 Å². The number of aromatic nitrogens is 2. The Labute approximate surface area is 142 Å². The number of hydrogen-bond acceptors (Lipinski definition) is 4. The topological polar surface area (TPSA) is 56.6 Å². The number of benzene rings is 1. The molecule has 6 heteroatoms. The van der Waals surface area contributed by atoms with Gasteiger partial charge in [-0.05, 0) is 26.0 Å². The second kappa shape index (κ2) is 6.65. The maximum absolute atomic E-state index is 12.0. The quantitative estimate of drug-likeness (QED) is 0.868. The van der Waals surface area contributed by atoms with Crippen LogP contribution in [-0.2, 0) is 9.53 Å². The summed E-state index contributed by atoms with van der Waals surface area (Å²) in [5, 5.41) is 4.69. The summed E-state index contributed by atoms with van der Waals surface area (Å²) < 4.78 is 12.8. The molecule has 1 aliphatic rings. The Morgan fingerprint density at radius 1 is 1.38 bits per heavy atom. The van der Waals surface area contributed by atoms with Gasteiger partial charge in [0.2, 0.25) is 5.91 Å². The Kier molecular flexibility index (Phi) is 4.57.